The molecular formula is C37H29NO2S. The van der Waals surface area contributed by atoms with E-state index in [-0.39, 0.29) is 6.04 Å². The van der Waals surface area contributed by atoms with E-state index in [1.807, 2.05) is 73.7 Å². The number of hydrogen-bond donors (Lipinski definition) is 0. The maximum atomic E-state index is 14.7. The molecule has 0 aliphatic carbocycles. The highest BCUT2D eigenvalue weighted by Gasteiger charge is 2.42. The van der Waals surface area contributed by atoms with Gasteiger partial charge in [-0.05, 0) is 57.8 Å². The summed E-state index contributed by atoms with van der Waals surface area (Å²) in [6.07, 6.45) is 0.569. The van der Waals surface area contributed by atoms with Gasteiger partial charge in [-0.15, -0.1) is 0 Å². The lowest BCUT2D eigenvalue weighted by molar-refractivity contribution is 0.582. The van der Waals surface area contributed by atoms with Gasteiger partial charge in [-0.3, -0.25) is 4.31 Å². The van der Waals surface area contributed by atoms with E-state index in [0.29, 0.717) is 11.3 Å². The predicted molar refractivity (Wildman–Crippen MR) is 169 cm³/mol. The monoisotopic (exact) mass is 551 g/mol. The van der Waals surface area contributed by atoms with Gasteiger partial charge in [0.05, 0.1) is 16.6 Å². The summed E-state index contributed by atoms with van der Waals surface area (Å²) in [5.41, 5.74) is 8.24. The molecule has 41 heavy (non-hydrogen) atoms. The Balaban J connectivity index is 1.62. The highest BCUT2D eigenvalue weighted by molar-refractivity contribution is 7.92. The summed E-state index contributed by atoms with van der Waals surface area (Å²) < 4.78 is 31.0. The average molecular weight is 552 g/mol. The topological polar surface area (TPSA) is 37.4 Å². The first-order chi connectivity index (χ1) is 20.0. The number of benzene rings is 6. The van der Waals surface area contributed by atoms with Crippen molar-refractivity contribution in [2.24, 2.45) is 0 Å². The number of rotatable bonds is 5. The summed E-state index contributed by atoms with van der Waals surface area (Å²) >= 11 is 0. The zero-order chi connectivity index (χ0) is 28.0. The van der Waals surface area contributed by atoms with Crippen molar-refractivity contribution in [3.05, 3.63) is 156 Å². The second kappa shape index (κ2) is 10.1. The molecule has 200 valence electrons. The number of sulfonamides is 1. The number of anilines is 1. The summed E-state index contributed by atoms with van der Waals surface area (Å²) in [5.74, 6) is 0. The molecule has 6 aromatic carbocycles. The number of fused-ring (bicyclic) bond motifs is 3. The van der Waals surface area contributed by atoms with Crippen molar-refractivity contribution in [1.29, 1.82) is 0 Å². The molecule has 1 heterocycles. The lowest BCUT2D eigenvalue weighted by atomic mass is 9.84. The molecule has 1 unspecified atom stereocenters. The normalized spacial score (nSPS) is 14.8. The Bertz CT molecular complexity index is 1970. The molecule has 0 saturated carbocycles. The molecule has 0 radical (unpaired) electrons. The van der Waals surface area contributed by atoms with E-state index in [2.05, 4.69) is 60.7 Å². The first-order valence-corrected chi connectivity index (χ1v) is 15.3. The Hall–Kier alpha value is -4.67. The fourth-order valence-corrected chi connectivity index (χ4v) is 7.91. The Labute approximate surface area is 241 Å². The highest BCUT2D eigenvalue weighted by atomic mass is 32.2. The second-order valence-corrected chi connectivity index (χ2v) is 12.4. The molecule has 0 saturated heterocycles. The molecule has 0 bridgehead atoms. The molecule has 1 atom stereocenters. The van der Waals surface area contributed by atoms with Gasteiger partial charge in [0.25, 0.3) is 10.0 Å². The number of hydrogen-bond acceptors (Lipinski definition) is 2. The van der Waals surface area contributed by atoms with E-state index in [0.717, 1.165) is 55.4 Å². The van der Waals surface area contributed by atoms with Crippen LogP contribution in [0.5, 0.6) is 0 Å². The van der Waals surface area contributed by atoms with Crippen molar-refractivity contribution < 1.29 is 8.42 Å². The number of aryl methyl sites for hydroxylation is 1. The first kappa shape index (κ1) is 25.3. The smallest absolute Gasteiger partial charge is 0.258 e. The standard InChI is InChI=1S/C37H29NO2S/c1-26-21-23-30(24-22-26)41(39,40)38-34(27-13-5-2-6-14-27)25-33-36(29-17-9-4-10-18-29)35(28-15-7-3-8-16-28)31-19-11-12-20-32(31)37(33)38/h2-24,34H,25H2,1H3. The van der Waals surface area contributed by atoms with E-state index < -0.39 is 10.0 Å². The molecule has 7 rings (SSSR count). The van der Waals surface area contributed by atoms with Crippen molar-refractivity contribution in [3.8, 4) is 22.3 Å². The molecule has 1 aliphatic rings. The van der Waals surface area contributed by atoms with Crippen molar-refractivity contribution >= 4 is 26.5 Å². The molecule has 0 amide bonds. The molecule has 4 heteroatoms. The molecule has 0 spiro atoms. The summed E-state index contributed by atoms with van der Waals surface area (Å²) in [5, 5.41) is 1.98. The fourth-order valence-electron chi connectivity index (χ4n) is 6.22. The van der Waals surface area contributed by atoms with Gasteiger partial charge < -0.3 is 0 Å². The second-order valence-electron chi connectivity index (χ2n) is 10.6. The zero-order valence-electron chi connectivity index (χ0n) is 22.7. The van der Waals surface area contributed by atoms with Gasteiger partial charge in [-0.1, -0.05) is 133 Å². The zero-order valence-corrected chi connectivity index (χ0v) is 23.6. The van der Waals surface area contributed by atoms with E-state index >= 15 is 0 Å². The van der Waals surface area contributed by atoms with E-state index in [1.165, 1.54) is 0 Å². The average Bonchev–Trinajstić information content (AvgIpc) is 3.44. The van der Waals surface area contributed by atoms with Crippen molar-refractivity contribution in [2.75, 3.05) is 4.31 Å². The largest absolute Gasteiger partial charge is 0.264 e. The van der Waals surface area contributed by atoms with Gasteiger partial charge in [0, 0.05) is 11.8 Å². The van der Waals surface area contributed by atoms with Crippen LogP contribution in [0.4, 0.5) is 5.69 Å². The number of nitrogens with zero attached hydrogens (tertiary/aromatic N) is 1. The summed E-state index contributed by atoms with van der Waals surface area (Å²) in [6.45, 7) is 1.97. The lowest BCUT2D eigenvalue weighted by Crippen LogP contribution is -2.32. The minimum absolute atomic E-state index is 0.300. The van der Waals surface area contributed by atoms with Gasteiger partial charge in [0.15, 0.2) is 0 Å². The molecule has 0 N–H and O–H groups in total. The SMILES string of the molecule is Cc1ccc(S(=O)(=O)N2c3c(c(-c4ccccc4)c(-c4ccccc4)c4ccccc34)CC2c2ccccc2)cc1. The van der Waals surface area contributed by atoms with Gasteiger partial charge in [0.2, 0.25) is 0 Å². The van der Waals surface area contributed by atoms with Crippen LogP contribution < -0.4 is 4.31 Å². The highest BCUT2D eigenvalue weighted by Crippen LogP contribution is 2.54. The summed E-state index contributed by atoms with van der Waals surface area (Å²) in [4.78, 5) is 0.300. The molecular weight excluding hydrogens is 522 g/mol. The Kier molecular flexibility index (Phi) is 6.21. The van der Waals surface area contributed by atoms with Crippen LogP contribution in [0.1, 0.15) is 22.7 Å². The van der Waals surface area contributed by atoms with Crippen LogP contribution in [0.15, 0.2) is 144 Å². The van der Waals surface area contributed by atoms with Crippen LogP contribution in [0.3, 0.4) is 0 Å². The van der Waals surface area contributed by atoms with Crippen LogP contribution in [0.2, 0.25) is 0 Å². The molecule has 1 aliphatic heterocycles. The van der Waals surface area contributed by atoms with Gasteiger partial charge in [-0.25, -0.2) is 8.42 Å². The first-order valence-electron chi connectivity index (χ1n) is 13.9. The minimum atomic E-state index is -3.90. The van der Waals surface area contributed by atoms with Crippen molar-refractivity contribution in [3.63, 3.8) is 0 Å². The van der Waals surface area contributed by atoms with Gasteiger partial charge in [-0.2, -0.15) is 0 Å². The van der Waals surface area contributed by atoms with Crippen molar-refractivity contribution in [1.82, 2.24) is 0 Å². The Morgan fingerprint density at radius 2 is 1.10 bits per heavy atom. The van der Waals surface area contributed by atoms with Gasteiger partial charge in [0.1, 0.15) is 0 Å². The molecule has 3 nitrogen and oxygen atoms in total. The predicted octanol–water partition coefficient (Wildman–Crippen LogP) is 8.97. The van der Waals surface area contributed by atoms with Crippen LogP contribution >= 0.6 is 0 Å². The summed E-state index contributed by atoms with van der Waals surface area (Å²) in [6, 6.07) is 45.9. The van der Waals surface area contributed by atoms with Crippen LogP contribution in [0.25, 0.3) is 33.0 Å². The van der Waals surface area contributed by atoms with Crippen LogP contribution in [-0.2, 0) is 16.4 Å². The van der Waals surface area contributed by atoms with Gasteiger partial charge >= 0.3 is 0 Å². The molecule has 0 aromatic heterocycles. The minimum Gasteiger partial charge on any atom is -0.258 e. The third-order valence-corrected chi connectivity index (χ3v) is 9.90. The Morgan fingerprint density at radius 3 is 1.71 bits per heavy atom. The van der Waals surface area contributed by atoms with Crippen molar-refractivity contribution in [2.45, 2.75) is 24.3 Å². The maximum Gasteiger partial charge on any atom is 0.264 e. The fraction of sp³-hybridized carbons (Fsp3) is 0.0811. The Morgan fingerprint density at radius 1 is 0.585 bits per heavy atom. The van der Waals surface area contributed by atoms with E-state index in [9.17, 15) is 8.42 Å². The molecule has 6 aromatic rings. The molecule has 0 fully saturated rings. The van der Waals surface area contributed by atoms with E-state index in [4.69, 9.17) is 0 Å². The lowest BCUT2D eigenvalue weighted by Gasteiger charge is -2.29. The van der Waals surface area contributed by atoms with E-state index in [1.54, 1.807) is 16.4 Å². The maximum absolute atomic E-state index is 14.7. The quantitative estimate of drug-likeness (QED) is 0.214. The summed E-state index contributed by atoms with van der Waals surface area (Å²) in [7, 11) is -3.90. The van der Waals surface area contributed by atoms with Crippen LogP contribution in [-0.4, -0.2) is 8.42 Å². The third kappa shape index (κ3) is 4.23. The third-order valence-electron chi connectivity index (χ3n) is 8.08. The van der Waals surface area contributed by atoms with Crippen LogP contribution in [0, 0.1) is 6.92 Å².